The van der Waals surface area contributed by atoms with Gasteiger partial charge in [0.25, 0.3) is 0 Å². The van der Waals surface area contributed by atoms with Gasteiger partial charge in [-0.25, -0.2) is 4.98 Å². The van der Waals surface area contributed by atoms with E-state index in [1.165, 1.54) is 11.5 Å². The molecule has 0 spiro atoms. The third-order valence-electron chi connectivity index (χ3n) is 4.76. The van der Waals surface area contributed by atoms with E-state index in [9.17, 15) is 13.2 Å². The lowest BCUT2D eigenvalue weighted by atomic mass is 10.1. The molecule has 0 fully saturated rings. The quantitative estimate of drug-likeness (QED) is 0.131. The highest BCUT2D eigenvalue weighted by Crippen LogP contribution is 2.31. The summed E-state index contributed by atoms with van der Waals surface area (Å²) in [4.78, 5) is 3.73. The Bertz CT molecular complexity index is 1280. The van der Waals surface area contributed by atoms with Gasteiger partial charge in [-0.1, -0.05) is 42.5 Å². The highest BCUT2D eigenvalue weighted by molar-refractivity contribution is 14.1. The molecule has 168 valence electrons. The number of hydrogen-bond donors (Lipinski definition) is 1. The second-order valence-corrected chi connectivity index (χ2v) is 9.36. The van der Waals surface area contributed by atoms with Crippen LogP contribution in [0, 0.1) is 7.14 Å². The number of nitrogens with one attached hydrogen (secondary N) is 1. The molecule has 9 heteroatoms. The molecular weight excluding hydrogens is 657 g/mol. The molecule has 1 aromatic heterocycles. The third kappa shape index (κ3) is 5.94. The number of pyridine rings is 1. The predicted octanol–water partition coefficient (Wildman–Crippen LogP) is 7.49. The normalized spacial score (nSPS) is 11.8. The van der Waals surface area contributed by atoms with E-state index in [0.717, 1.165) is 41.7 Å². The number of nitrogens with zero attached hydrogens (tertiary/aromatic N) is 2. The van der Waals surface area contributed by atoms with Gasteiger partial charge in [0.2, 0.25) is 0 Å². The number of anilines is 1. The fourth-order valence-corrected chi connectivity index (χ4v) is 5.29. The van der Waals surface area contributed by atoms with E-state index in [1.54, 1.807) is 6.21 Å². The van der Waals surface area contributed by atoms with Crippen molar-refractivity contribution in [1.29, 1.82) is 0 Å². The fraction of sp³-hybridized carbons (Fsp3) is 0.0833. The van der Waals surface area contributed by atoms with Crippen LogP contribution in [-0.4, -0.2) is 11.2 Å². The van der Waals surface area contributed by atoms with Crippen molar-refractivity contribution in [1.82, 2.24) is 4.98 Å². The van der Waals surface area contributed by atoms with Crippen LogP contribution < -0.4 is 10.2 Å². The number of halogens is 5. The molecule has 0 saturated heterocycles. The largest absolute Gasteiger partial charge is 0.487 e. The maximum Gasteiger partial charge on any atom is 0.417 e. The molecule has 0 bridgehead atoms. The molecular formula is C24H16F3I2N3O. The smallest absolute Gasteiger partial charge is 0.417 e. The molecule has 4 nitrogen and oxygen atoms in total. The Labute approximate surface area is 215 Å². The van der Waals surface area contributed by atoms with E-state index in [-0.39, 0.29) is 5.82 Å². The summed E-state index contributed by atoms with van der Waals surface area (Å²) >= 11 is 4.43. The minimum Gasteiger partial charge on any atom is -0.487 e. The van der Waals surface area contributed by atoms with E-state index in [4.69, 9.17) is 4.74 Å². The molecule has 0 aliphatic carbocycles. The number of rotatable bonds is 6. The van der Waals surface area contributed by atoms with Gasteiger partial charge in [-0.3, -0.25) is 5.43 Å². The SMILES string of the molecule is FC(F)(F)c1ccc(N/N=C\c2cc(I)c(OCc3cccc4ccccc34)c(I)c2)nc1. The van der Waals surface area contributed by atoms with Crippen molar-refractivity contribution in [2.45, 2.75) is 12.8 Å². The molecule has 33 heavy (non-hydrogen) atoms. The highest BCUT2D eigenvalue weighted by atomic mass is 127. The molecule has 0 radical (unpaired) electrons. The molecule has 1 heterocycles. The number of hydrogen-bond acceptors (Lipinski definition) is 4. The molecule has 0 unspecified atom stereocenters. The summed E-state index contributed by atoms with van der Waals surface area (Å²) in [5, 5.41) is 6.41. The van der Waals surface area contributed by atoms with Gasteiger partial charge in [-0.15, -0.1) is 0 Å². The van der Waals surface area contributed by atoms with E-state index in [0.29, 0.717) is 6.61 Å². The zero-order valence-corrected chi connectivity index (χ0v) is 21.2. The summed E-state index contributed by atoms with van der Waals surface area (Å²) in [7, 11) is 0. The van der Waals surface area contributed by atoms with Crippen LogP contribution in [0.5, 0.6) is 5.75 Å². The van der Waals surface area contributed by atoms with Crippen LogP contribution >= 0.6 is 45.2 Å². The topological polar surface area (TPSA) is 46.5 Å². The summed E-state index contributed by atoms with van der Waals surface area (Å²) < 4.78 is 45.9. The minimum absolute atomic E-state index is 0.221. The van der Waals surface area contributed by atoms with Crippen LogP contribution in [0.2, 0.25) is 0 Å². The van der Waals surface area contributed by atoms with Crippen LogP contribution in [0.3, 0.4) is 0 Å². The molecule has 0 aliphatic rings. The molecule has 0 aliphatic heterocycles. The maximum atomic E-state index is 12.6. The van der Waals surface area contributed by atoms with Crippen molar-refractivity contribution in [2.75, 3.05) is 5.43 Å². The molecule has 4 rings (SSSR count). The first kappa shape index (κ1) is 23.7. The number of fused-ring (bicyclic) bond motifs is 1. The average molecular weight is 673 g/mol. The van der Waals surface area contributed by atoms with Crippen molar-refractivity contribution >= 4 is 68.0 Å². The van der Waals surface area contributed by atoms with Gasteiger partial charge >= 0.3 is 6.18 Å². The standard InChI is InChI=1S/C24H16F3I2N3O/c25-24(26,27)18-8-9-22(30-13-18)32-31-12-15-10-20(28)23(21(29)11-15)33-14-17-6-3-5-16-4-1-2-7-19(16)17/h1-13H,14H2,(H,30,32)/b31-12-. The number of hydrazone groups is 1. The second-order valence-electron chi connectivity index (χ2n) is 7.04. The first-order chi connectivity index (χ1) is 15.8. The lowest BCUT2D eigenvalue weighted by Gasteiger charge is -2.13. The summed E-state index contributed by atoms with van der Waals surface area (Å²) in [5.74, 6) is 1.01. The van der Waals surface area contributed by atoms with E-state index in [2.05, 4.69) is 85.0 Å². The summed E-state index contributed by atoms with van der Waals surface area (Å²) in [6.45, 7) is 0.446. The highest BCUT2D eigenvalue weighted by Gasteiger charge is 2.30. The number of benzene rings is 3. The van der Waals surface area contributed by atoms with Gasteiger partial charge in [0.15, 0.2) is 0 Å². The summed E-state index contributed by atoms with van der Waals surface area (Å²) in [6.07, 6.45) is -2.07. The second kappa shape index (κ2) is 10.2. The number of alkyl halides is 3. The summed E-state index contributed by atoms with van der Waals surface area (Å²) in [5.41, 5.74) is 3.77. The van der Waals surface area contributed by atoms with Crippen molar-refractivity contribution in [3.05, 3.63) is 96.8 Å². The van der Waals surface area contributed by atoms with Gasteiger partial charge in [-0.05, 0) is 91.3 Å². The van der Waals surface area contributed by atoms with Crippen LogP contribution in [-0.2, 0) is 12.8 Å². The zero-order chi connectivity index (χ0) is 23.4. The fourth-order valence-electron chi connectivity index (χ4n) is 3.16. The van der Waals surface area contributed by atoms with Crippen LogP contribution in [0.1, 0.15) is 16.7 Å². The van der Waals surface area contributed by atoms with E-state index >= 15 is 0 Å². The van der Waals surface area contributed by atoms with E-state index < -0.39 is 11.7 Å². The van der Waals surface area contributed by atoms with Gasteiger partial charge in [0.1, 0.15) is 18.2 Å². The predicted molar refractivity (Wildman–Crippen MR) is 141 cm³/mol. The first-order valence-electron chi connectivity index (χ1n) is 9.72. The molecule has 0 amide bonds. The lowest BCUT2D eigenvalue weighted by molar-refractivity contribution is -0.137. The number of ether oxygens (including phenoxy) is 1. The monoisotopic (exact) mass is 673 g/mol. The van der Waals surface area contributed by atoms with Gasteiger partial charge < -0.3 is 4.74 Å². The molecule has 0 atom stereocenters. The average Bonchev–Trinajstić information content (AvgIpc) is 2.78. The van der Waals surface area contributed by atoms with Crippen molar-refractivity contribution in [2.24, 2.45) is 5.10 Å². The lowest BCUT2D eigenvalue weighted by Crippen LogP contribution is -2.05. The van der Waals surface area contributed by atoms with Gasteiger partial charge in [0.05, 0.1) is 18.9 Å². The van der Waals surface area contributed by atoms with Crippen LogP contribution in [0.25, 0.3) is 10.8 Å². The van der Waals surface area contributed by atoms with Crippen molar-refractivity contribution in [3.8, 4) is 5.75 Å². The minimum atomic E-state index is -4.42. The molecule has 3 aromatic carbocycles. The summed E-state index contributed by atoms with van der Waals surface area (Å²) in [6, 6.07) is 20.4. The van der Waals surface area contributed by atoms with Crippen LogP contribution in [0.15, 0.2) is 78.0 Å². The van der Waals surface area contributed by atoms with Crippen molar-refractivity contribution < 1.29 is 17.9 Å². The molecule has 0 saturated carbocycles. The Morgan fingerprint density at radius 1 is 0.970 bits per heavy atom. The number of aromatic nitrogens is 1. The Morgan fingerprint density at radius 3 is 2.39 bits per heavy atom. The van der Waals surface area contributed by atoms with Crippen LogP contribution in [0.4, 0.5) is 19.0 Å². The first-order valence-corrected chi connectivity index (χ1v) is 11.9. The Kier molecular flexibility index (Phi) is 7.37. The zero-order valence-electron chi connectivity index (χ0n) is 16.9. The Balaban J connectivity index is 1.43. The maximum absolute atomic E-state index is 12.6. The van der Waals surface area contributed by atoms with Gasteiger partial charge in [0, 0.05) is 6.20 Å². The molecule has 1 N–H and O–H groups in total. The Morgan fingerprint density at radius 2 is 1.70 bits per heavy atom. The van der Waals surface area contributed by atoms with Crippen molar-refractivity contribution in [3.63, 3.8) is 0 Å². The Hall–Kier alpha value is -2.41. The van der Waals surface area contributed by atoms with E-state index in [1.807, 2.05) is 30.3 Å². The third-order valence-corrected chi connectivity index (χ3v) is 6.36. The molecule has 4 aromatic rings. The van der Waals surface area contributed by atoms with Gasteiger partial charge in [-0.2, -0.15) is 18.3 Å².